The monoisotopic (exact) mass is 265 g/mol. The molecule has 5 nitrogen and oxygen atoms in total. The highest BCUT2D eigenvalue weighted by molar-refractivity contribution is 5.75. The number of nitrogens with one attached hydrogen (secondary N) is 1. The van der Waals surface area contributed by atoms with Crippen LogP contribution in [0.25, 0.3) is 0 Å². The largest absolute Gasteiger partial charge is 0.494 e. The number of carboxylic acid groups (broad SMARTS) is 1. The molecule has 1 rings (SSSR count). The lowest BCUT2D eigenvalue weighted by atomic mass is 9.99. The number of benzene rings is 1. The number of hydrogen-bond donors (Lipinski definition) is 2. The van der Waals surface area contributed by atoms with Gasteiger partial charge in [0.2, 0.25) is 5.91 Å². The van der Waals surface area contributed by atoms with E-state index in [1.165, 1.54) is 6.92 Å². The second kappa shape index (κ2) is 7.41. The number of hydrogen-bond acceptors (Lipinski definition) is 3. The molecule has 0 saturated carbocycles. The first-order valence-electron chi connectivity index (χ1n) is 6.22. The molecule has 0 aliphatic carbocycles. The normalized spacial score (nSPS) is 11.7. The quantitative estimate of drug-likeness (QED) is 0.782. The molecular weight excluding hydrogens is 246 g/mol. The summed E-state index contributed by atoms with van der Waals surface area (Å²) in [6, 6.07) is 7.32. The molecule has 0 bridgehead atoms. The van der Waals surface area contributed by atoms with Crippen molar-refractivity contribution in [3.8, 4) is 5.75 Å². The van der Waals surface area contributed by atoms with Gasteiger partial charge in [0.1, 0.15) is 5.75 Å². The Bertz CT molecular complexity index is 428. The predicted molar refractivity (Wildman–Crippen MR) is 71.1 cm³/mol. The van der Waals surface area contributed by atoms with E-state index >= 15 is 0 Å². The summed E-state index contributed by atoms with van der Waals surface area (Å²) in [7, 11) is 0. The maximum absolute atomic E-state index is 11.1. The van der Waals surface area contributed by atoms with E-state index in [1.807, 2.05) is 31.2 Å². The summed E-state index contributed by atoms with van der Waals surface area (Å²) in [6.45, 7) is 4.01. The van der Waals surface area contributed by atoms with E-state index in [-0.39, 0.29) is 12.5 Å². The summed E-state index contributed by atoms with van der Waals surface area (Å²) < 4.78 is 5.32. The van der Waals surface area contributed by atoms with E-state index in [9.17, 15) is 9.59 Å². The fourth-order valence-corrected chi connectivity index (χ4v) is 1.69. The predicted octanol–water partition coefficient (Wildman–Crippen LogP) is 1.46. The van der Waals surface area contributed by atoms with Gasteiger partial charge >= 0.3 is 5.97 Å². The summed E-state index contributed by atoms with van der Waals surface area (Å²) in [5.74, 6) is -0.998. The molecule has 0 radical (unpaired) electrons. The van der Waals surface area contributed by atoms with Crippen molar-refractivity contribution >= 4 is 11.9 Å². The Hall–Kier alpha value is -2.04. The van der Waals surface area contributed by atoms with E-state index < -0.39 is 11.9 Å². The minimum absolute atomic E-state index is 0.137. The van der Waals surface area contributed by atoms with E-state index in [1.54, 1.807) is 0 Å². The molecule has 0 saturated heterocycles. The van der Waals surface area contributed by atoms with E-state index in [4.69, 9.17) is 9.84 Å². The van der Waals surface area contributed by atoms with Crippen molar-refractivity contribution in [3.63, 3.8) is 0 Å². The molecular formula is C14H19NO4. The van der Waals surface area contributed by atoms with Gasteiger partial charge in [0.25, 0.3) is 0 Å². The highest BCUT2D eigenvalue weighted by Gasteiger charge is 2.18. The SMILES string of the molecule is CCOc1ccc(CC(CNC(C)=O)C(=O)O)cc1. The van der Waals surface area contributed by atoms with Crippen LogP contribution in [0.2, 0.25) is 0 Å². The Labute approximate surface area is 112 Å². The topological polar surface area (TPSA) is 75.6 Å². The number of carbonyl (C=O) groups excluding carboxylic acids is 1. The molecule has 0 aliphatic rings. The Kier molecular flexibility index (Phi) is 5.85. The Morgan fingerprint density at radius 2 is 1.95 bits per heavy atom. The highest BCUT2D eigenvalue weighted by Crippen LogP contribution is 2.15. The van der Waals surface area contributed by atoms with Crippen molar-refractivity contribution < 1.29 is 19.4 Å². The second-order valence-corrected chi connectivity index (χ2v) is 4.25. The van der Waals surface area contributed by atoms with Crippen LogP contribution in [0.5, 0.6) is 5.75 Å². The third kappa shape index (κ3) is 5.42. The van der Waals surface area contributed by atoms with Gasteiger partial charge < -0.3 is 15.2 Å². The van der Waals surface area contributed by atoms with Crippen molar-refractivity contribution in [1.82, 2.24) is 5.32 Å². The lowest BCUT2D eigenvalue weighted by Crippen LogP contribution is -2.32. The molecule has 0 aromatic heterocycles. The number of carbonyl (C=O) groups is 2. The molecule has 0 fully saturated rings. The maximum atomic E-state index is 11.1. The zero-order valence-corrected chi connectivity index (χ0v) is 11.2. The summed E-state index contributed by atoms with van der Waals surface area (Å²) in [4.78, 5) is 21.9. The van der Waals surface area contributed by atoms with Gasteiger partial charge in [-0.2, -0.15) is 0 Å². The van der Waals surface area contributed by atoms with Crippen molar-refractivity contribution in [2.75, 3.05) is 13.2 Å². The van der Waals surface area contributed by atoms with Crippen LogP contribution in [0.4, 0.5) is 0 Å². The third-order valence-corrected chi connectivity index (χ3v) is 2.66. The molecule has 5 heteroatoms. The molecule has 1 unspecified atom stereocenters. The first-order valence-corrected chi connectivity index (χ1v) is 6.22. The average molecular weight is 265 g/mol. The minimum Gasteiger partial charge on any atom is -0.494 e. The molecule has 2 N–H and O–H groups in total. The number of carboxylic acids is 1. The van der Waals surface area contributed by atoms with Gasteiger partial charge in [0.15, 0.2) is 0 Å². The van der Waals surface area contributed by atoms with Crippen molar-refractivity contribution in [2.45, 2.75) is 20.3 Å². The number of rotatable bonds is 7. The molecule has 1 aromatic rings. The van der Waals surface area contributed by atoms with Gasteiger partial charge in [0.05, 0.1) is 12.5 Å². The summed E-state index contributed by atoms with van der Waals surface area (Å²) >= 11 is 0. The van der Waals surface area contributed by atoms with E-state index in [0.717, 1.165) is 11.3 Å². The standard InChI is InChI=1S/C14H19NO4/c1-3-19-13-6-4-11(5-7-13)8-12(14(17)18)9-15-10(2)16/h4-7,12H,3,8-9H2,1-2H3,(H,15,16)(H,17,18). The molecule has 1 atom stereocenters. The van der Waals surface area contributed by atoms with Crippen molar-refractivity contribution in [3.05, 3.63) is 29.8 Å². The Balaban J connectivity index is 2.62. The van der Waals surface area contributed by atoms with Crippen LogP contribution in [0.15, 0.2) is 24.3 Å². The zero-order valence-electron chi connectivity index (χ0n) is 11.2. The van der Waals surface area contributed by atoms with Crippen molar-refractivity contribution in [2.24, 2.45) is 5.92 Å². The maximum Gasteiger partial charge on any atom is 0.308 e. The first kappa shape index (κ1) is 15.0. The molecule has 0 aliphatic heterocycles. The van der Waals surface area contributed by atoms with Crippen LogP contribution in [-0.4, -0.2) is 30.1 Å². The van der Waals surface area contributed by atoms with Crippen molar-refractivity contribution in [1.29, 1.82) is 0 Å². The molecule has 1 amide bonds. The average Bonchev–Trinajstić information content (AvgIpc) is 2.36. The van der Waals surface area contributed by atoms with Gasteiger partial charge in [-0.05, 0) is 31.0 Å². The lowest BCUT2D eigenvalue weighted by molar-refractivity contribution is -0.141. The first-order chi connectivity index (χ1) is 9.02. The van der Waals surface area contributed by atoms with E-state index in [2.05, 4.69) is 5.32 Å². The number of ether oxygens (including phenoxy) is 1. The van der Waals surface area contributed by atoms with Crippen LogP contribution in [0.1, 0.15) is 19.4 Å². The molecule has 0 heterocycles. The summed E-state index contributed by atoms with van der Waals surface area (Å²) in [5.41, 5.74) is 0.904. The van der Waals surface area contributed by atoms with Crippen LogP contribution in [0.3, 0.4) is 0 Å². The second-order valence-electron chi connectivity index (χ2n) is 4.25. The number of aliphatic carboxylic acids is 1. The third-order valence-electron chi connectivity index (χ3n) is 2.66. The van der Waals surface area contributed by atoms with Crippen LogP contribution >= 0.6 is 0 Å². The number of amides is 1. The van der Waals surface area contributed by atoms with Crippen LogP contribution < -0.4 is 10.1 Å². The fraction of sp³-hybridized carbons (Fsp3) is 0.429. The minimum atomic E-state index is -0.914. The molecule has 1 aromatic carbocycles. The van der Waals surface area contributed by atoms with Gasteiger partial charge in [-0.25, -0.2) is 0 Å². The van der Waals surface area contributed by atoms with Gasteiger partial charge in [-0.1, -0.05) is 12.1 Å². The summed E-state index contributed by atoms with van der Waals surface area (Å²) in [5, 5.41) is 11.6. The molecule has 104 valence electrons. The zero-order chi connectivity index (χ0) is 14.3. The van der Waals surface area contributed by atoms with Gasteiger partial charge in [-0.3, -0.25) is 9.59 Å². The molecule has 19 heavy (non-hydrogen) atoms. The van der Waals surface area contributed by atoms with Gasteiger partial charge in [0, 0.05) is 13.5 Å². The Morgan fingerprint density at radius 3 is 2.42 bits per heavy atom. The van der Waals surface area contributed by atoms with E-state index in [0.29, 0.717) is 13.0 Å². The van der Waals surface area contributed by atoms with Gasteiger partial charge in [-0.15, -0.1) is 0 Å². The van der Waals surface area contributed by atoms with Crippen LogP contribution in [-0.2, 0) is 16.0 Å². The Morgan fingerprint density at radius 1 is 1.32 bits per heavy atom. The highest BCUT2D eigenvalue weighted by atomic mass is 16.5. The van der Waals surface area contributed by atoms with Crippen LogP contribution in [0, 0.1) is 5.92 Å². The molecule has 0 spiro atoms. The fourth-order valence-electron chi connectivity index (χ4n) is 1.69. The summed E-state index contributed by atoms with van der Waals surface area (Å²) in [6.07, 6.45) is 0.377. The lowest BCUT2D eigenvalue weighted by Gasteiger charge is -2.13. The smallest absolute Gasteiger partial charge is 0.308 e.